The number of hydrogen-bond donors (Lipinski definition) is 4. The number of ether oxygens (including phenoxy) is 1. The molecular formula is C46H84NO10P. The number of aliphatic carboxylic acids is 1. The van der Waals surface area contributed by atoms with E-state index >= 15 is 0 Å². The van der Waals surface area contributed by atoms with Gasteiger partial charge in [-0.05, 0) is 44.9 Å². The van der Waals surface area contributed by atoms with Crippen molar-refractivity contribution in [3.63, 3.8) is 0 Å². The molecule has 11 nitrogen and oxygen atoms in total. The highest BCUT2D eigenvalue weighted by Crippen LogP contribution is 2.43. The summed E-state index contributed by atoms with van der Waals surface area (Å²) in [5.74, 6) is -2.39. The number of carboxylic acids is 1. The Balaban J connectivity index is 3.86. The summed E-state index contributed by atoms with van der Waals surface area (Å²) < 4.78 is 26.9. The van der Waals surface area contributed by atoms with Crippen molar-refractivity contribution in [2.24, 2.45) is 0 Å². The molecule has 58 heavy (non-hydrogen) atoms. The summed E-state index contributed by atoms with van der Waals surface area (Å²) in [4.78, 5) is 45.9. The lowest BCUT2D eigenvalue weighted by Crippen LogP contribution is -2.43. The Hall–Kier alpha value is -2.30. The number of amides is 1. The average molecular weight is 842 g/mol. The number of carboxylic acid groups (broad SMARTS) is 1. The molecule has 338 valence electrons. The minimum atomic E-state index is -4.76. The monoisotopic (exact) mass is 842 g/mol. The first kappa shape index (κ1) is 55.7. The molecule has 0 radical (unpaired) electrons. The topological polar surface area (TPSA) is 169 Å². The number of aliphatic hydroxyl groups is 1. The van der Waals surface area contributed by atoms with E-state index in [1.807, 2.05) is 0 Å². The van der Waals surface area contributed by atoms with Crippen LogP contribution < -0.4 is 5.32 Å². The molecule has 4 N–H and O–H groups in total. The summed E-state index contributed by atoms with van der Waals surface area (Å²) in [5.41, 5.74) is 0. The molecule has 0 rings (SSSR count). The van der Waals surface area contributed by atoms with Gasteiger partial charge in [-0.25, -0.2) is 9.36 Å². The van der Waals surface area contributed by atoms with E-state index in [4.69, 9.17) is 13.8 Å². The number of nitrogens with one attached hydrogen (secondary N) is 1. The SMILES string of the molecule is CC/C=C\C/C=C\C/C=C\CCCCCCCC(=O)NC(COP(=O)(O)OCC(O)COC(=O)CCCCCCCCCCCCCCCCCCCCC)C(=O)O. The number of phosphoric acid groups is 1. The van der Waals surface area contributed by atoms with Gasteiger partial charge in [0.1, 0.15) is 12.7 Å². The van der Waals surface area contributed by atoms with Crippen LogP contribution in [0.25, 0.3) is 0 Å². The van der Waals surface area contributed by atoms with Crippen LogP contribution in [-0.2, 0) is 32.7 Å². The lowest BCUT2D eigenvalue weighted by atomic mass is 10.0. The van der Waals surface area contributed by atoms with Crippen LogP contribution in [0.2, 0.25) is 0 Å². The van der Waals surface area contributed by atoms with E-state index in [1.165, 1.54) is 96.3 Å². The molecule has 0 spiro atoms. The van der Waals surface area contributed by atoms with E-state index in [-0.39, 0.29) is 12.8 Å². The first-order chi connectivity index (χ1) is 28.1. The fraction of sp³-hybridized carbons (Fsp3) is 0.804. The normalized spacial score (nSPS) is 14.0. The number of unbranched alkanes of at least 4 members (excludes halogenated alkanes) is 23. The van der Waals surface area contributed by atoms with Crippen molar-refractivity contribution in [3.05, 3.63) is 36.5 Å². The van der Waals surface area contributed by atoms with E-state index in [0.29, 0.717) is 12.8 Å². The second kappa shape index (κ2) is 41.4. The molecule has 0 aliphatic rings. The Labute approximate surface area is 352 Å². The third-order valence-corrected chi connectivity index (χ3v) is 10.9. The molecule has 0 bridgehead atoms. The number of hydrogen-bond acceptors (Lipinski definition) is 8. The Morgan fingerprint density at radius 2 is 1.00 bits per heavy atom. The van der Waals surface area contributed by atoms with Gasteiger partial charge in [-0.2, -0.15) is 0 Å². The van der Waals surface area contributed by atoms with E-state index in [1.54, 1.807) is 0 Å². The summed E-state index contributed by atoms with van der Waals surface area (Å²) >= 11 is 0. The molecule has 0 heterocycles. The fourth-order valence-electron chi connectivity index (χ4n) is 6.39. The largest absolute Gasteiger partial charge is 0.480 e. The summed E-state index contributed by atoms with van der Waals surface area (Å²) in [7, 11) is -4.76. The van der Waals surface area contributed by atoms with Crippen LogP contribution in [0.1, 0.15) is 206 Å². The Morgan fingerprint density at radius 1 is 0.569 bits per heavy atom. The molecular weight excluding hydrogens is 757 g/mol. The third-order valence-electron chi connectivity index (χ3n) is 9.94. The van der Waals surface area contributed by atoms with Crippen molar-refractivity contribution in [3.8, 4) is 0 Å². The molecule has 0 aliphatic heterocycles. The van der Waals surface area contributed by atoms with Crippen LogP contribution in [0, 0.1) is 0 Å². The van der Waals surface area contributed by atoms with Crippen LogP contribution in [0.15, 0.2) is 36.5 Å². The second-order valence-electron chi connectivity index (χ2n) is 15.6. The average Bonchev–Trinajstić information content (AvgIpc) is 3.20. The number of rotatable bonds is 43. The first-order valence-electron chi connectivity index (χ1n) is 23.0. The lowest BCUT2D eigenvalue weighted by molar-refractivity contribution is -0.147. The zero-order chi connectivity index (χ0) is 42.8. The predicted octanol–water partition coefficient (Wildman–Crippen LogP) is 12.0. The summed E-state index contributed by atoms with van der Waals surface area (Å²) in [5, 5.41) is 21.8. The number of phosphoric ester groups is 1. The summed E-state index contributed by atoms with van der Waals surface area (Å²) in [6.45, 7) is 2.49. The van der Waals surface area contributed by atoms with Crippen molar-refractivity contribution < 1.29 is 47.8 Å². The molecule has 0 saturated carbocycles. The molecule has 0 aromatic carbocycles. The highest BCUT2D eigenvalue weighted by molar-refractivity contribution is 7.47. The standard InChI is InChI=1S/C46H84NO10P/c1-3-5-7-9-11-13-15-17-19-20-21-22-24-26-28-30-32-34-36-38-45(50)55-39-42(48)40-56-58(53,54)57-41-43(46(51)52)47-44(49)37-35-33-31-29-27-25-23-18-16-14-12-10-8-6-4-2/h6,8,12,14,18,23,42-43,48H,3-5,7,9-11,13,15-17,19-22,24-41H2,1-2H3,(H,47,49)(H,51,52)(H,53,54)/b8-6-,14-12-,23-18-. The molecule has 0 fully saturated rings. The zero-order valence-electron chi connectivity index (χ0n) is 36.6. The van der Waals surface area contributed by atoms with Crippen LogP contribution in [-0.4, -0.2) is 64.9 Å². The molecule has 12 heteroatoms. The van der Waals surface area contributed by atoms with Gasteiger partial charge in [0, 0.05) is 12.8 Å². The number of allylic oxidation sites excluding steroid dienone is 6. The lowest BCUT2D eigenvalue weighted by Gasteiger charge is -2.18. The van der Waals surface area contributed by atoms with Crippen molar-refractivity contribution in [2.45, 2.75) is 219 Å². The van der Waals surface area contributed by atoms with Gasteiger partial charge in [0.25, 0.3) is 0 Å². The Morgan fingerprint density at radius 3 is 1.50 bits per heavy atom. The van der Waals surface area contributed by atoms with Crippen molar-refractivity contribution in [2.75, 3.05) is 19.8 Å². The maximum Gasteiger partial charge on any atom is 0.472 e. The van der Waals surface area contributed by atoms with Gasteiger partial charge in [0.05, 0.1) is 13.2 Å². The Bertz CT molecular complexity index is 1130. The van der Waals surface area contributed by atoms with Crippen LogP contribution >= 0.6 is 7.82 Å². The molecule has 3 unspecified atom stereocenters. The van der Waals surface area contributed by atoms with Crippen LogP contribution in [0.3, 0.4) is 0 Å². The molecule has 0 aromatic heterocycles. The summed E-state index contributed by atoms with van der Waals surface area (Å²) in [6.07, 6.45) is 44.6. The number of esters is 1. The van der Waals surface area contributed by atoms with Crippen molar-refractivity contribution in [1.29, 1.82) is 0 Å². The fourth-order valence-corrected chi connectivity index (χ4v) is 7.16. The first-order valence-corrected chi connectivity index (χ1v) is 24.5. The molecule has 3 atom stereocenters. The minimum absolute atomic E-state index is 0.126. The zero-order valence-corrected chi connectivity index (χ0v) is 37.5. The smallest absolute Gasteiger partial charge is 0.472 e. The van der Waals surface area contributed by atoms with E-state index in [2.05, 4.69) is 55.6 Å². The van der Waals surface area contributed by atoms with Gasteiger partial charge in [-0.1, -0.05) is 185 Å². The van der Waals surface area contributed by atoms with Gasteiger partial charge in [0.15, 0.2) is 6.04 Å². The molecule has 0 aromatic rings. The van der Waals surface area contributed by atoms with E-state index in [0.717, 1.165) is 70.6 Å². The predicted molar refractivity (Wildman–Crippen MR) is 236 cm³/mol. The van der Waals surface area contributed by atoms with E-state index in [9.17, 15) is 34.1 Å². The quantitative estimate of drug-likeness (QED) is 0.0201. The highest BCUT2D eigenvalue weighted by atomic mass is 31.2. The highest BCUT2D eigenvalue weighted by Gasteiger charge is 2.28. The molecule has 1 amide bonds. The summed E-state index contributed by atoms with van der Waals surface area (Å²) in [6, 6.07) is -1.55. The number of carbonyl (C=O) groups excluding carboxylic acids is 2. The van der Waals surface area contributed by atoms with Gasteiger partial charge in [-0.3, -0.25) is 18.6 Å². The maximum atomic E-state index is 12.3. The minimum Gasteiger partial charge on any atom is -0.480 e. The van der Waals surface area contributed by atoms with Crippen LogP contribution in [0.4, 0.5) is 0 Å². The second-order valence-corrected chi connectivity index (χ2v) is 17.0. The number of carbonyl (C=O) groups is 3. The van der Waals surface area contributed by atoms with Crippen molar-refractivity contribution >= 4 is 25.7 Å². The van der Waals surface area contributed by atoms with Gasteiger partial charge in [0.2, 0.25) is 5.91 Å². The van der Waals surface area contributed by atoms with Gasteiger partial charge in [-0.15, -0.1) is 0 Å². The van der Waals surface area contributed by atoms with E-state index < -0.39 is 57.6 Å². The number of aliphatic hydroxyl groups excluding tert-OH is 1. The van der Waals surface area contributed by atoms with Crippen molar-refractivity contribution in [1.82, 2.24) is 5.32 Å². The third kappa shape index (κ3) is 40.5. The van der Waals surface area contributed by atoms with Gasteiger partial charge >= 0.3 is 19.8 Å². The van der Waals surface area contributed by atoms with Gasteiger partial charge < -0.3 is 25.2 Å². The molecule has 0 aliphatic carbocycles. The maximum absolute atomic E-state index is 12.3. The Kier molecular flexibility index (Phi) is 39.8. The molecule has 0 saturated heterocycles. The van der Waals surface area contributed by atoms with Crippen LogP contribution in [0.5, 0.6) is 0 Å².